The molecular formula is C16H28N2O2S. The van der Waals surface area contributed by atoms with Gasteiger partial charge in [-0.15, -0.1) is 0 Å². The van der Waals surface area contributed by atoms with Crippen LogP contribution in [0.4, 0.5) is 0 Å². The lowest BCUT2D eigenvalue weighted by Crippen LogP contribution is -2.34. The SMILES string of the molecule is CCCNCc1ccc(S(=O)(=O)N(CC)CC(C)C)cc1. The molecule has 0 aliphatic rings. The Hall–Kier alpha value is -0.910. The van der Waals surface area contributed by atoms with Gasteiger partial charge < -0.3 is 5.32 Å². The molecule has 0 bridgehead atoms. The summed E-state index contributed by atoms with van der Waals surface area (Å²) in [6.45, 7) is 10.9. The minimum atomic E-state index is -3.38. The van der Waals surface area contributed by atoms with E-state index in [1.807, 2.05) is 32.9 Å². The summed E-state index contributed by atoms with van der Waals surface area (Å²) in [7, 11) is -3.38. The van der Waals surface area contributed by atoms with Crippen LogP contribution < -0.4 is 5.32 Å². The number of nitrogens with zero attached hydrogens (tertiary/aromatic N) is 1. The smallest absolute Gasteiger partial charge is 0.243 e. The lowest BCUT2D eigenvalue weighted by atomic mass is 10.2. The summed E-state index contributed by atoms with van der Waals surface area (Å²) in [5, 5.41) is 3.31. The number of sulfonamides is 1. The topological polar surface area (TPSA) is 49.4 Å². The van der Waals surface area contributed by atoms with Gasteiger partial charge in [0.25, 0.3) is 0 Å². The van der Waals surface area contributed by atoms with Crippen molar-refractivity contribution in [1.82, 2.24) is 9.62 Å². The summed E-state index contributed by atoms with van der Waals surface area (Å²) >= 11 is 0. The average molecular weight is 312 g/mol. The van der Waals surface area contributed by atoms with Gasteiger partial charge in [0, 0.05) is 19.6 Å². The molecule has 0 aromatic heterocycles. The van der Waals surface area contributed by atoms with Crippen LogP contribution >= 0.6 is 0 Å². The van der Waals surface area contributed by atoms with Gasteiger partial charge in [0.1, 0.15) is 0 Å². The van der Waals surface area contributed by atoms with Crippen molar-refractivity contribution in [2.24, 2.45) is 5.92 Å². The van der Waals surface area contributed by atoms with E-state index in [1.165, 1.54) is 0 Å². The summed E-state index contributed by atoms with van der Waals surface area (Å²) in [4.78, 5) is 0.379. The zero-order chi connectivity index (χ0) is 15.9. The molecule has 0 spiro atoms. The van der Waals surface area contributed by atoms with Gasteiger partial charge in [-0.1, -0.05) is 39.8 Å². The van der Waals surface area contributed by atoms with Crippen LogP contribution in [-0.2, 0) is 16.6 Å². The molecule has 1 N–H and O–H groups in total. The molecule has 0 saturated heterocycles. The molecule has 0 fully saturated rings. The highest BCUT2D eigenvalue weighted by Crippen LogP contribution is 2.17. The second-order valence-corrected chi connectivity index (χ2v) is 7.61. The van der Waals surface area contributed by atoms with E-state index < -0.39 is 10.0 Å². The van der Waals surface area contributed by atoms with Crippen LogP contribution in [0.2, 0.25) is 0 Å². The van der Waals surface area contributed by atoms with Crippen LogP contribution in [0.25, 0.3) is 0 Å². The molecule has 0 amide bonds. The maximum Gasteiger partial charge on any atom is 0.243 e. The van der Waals surface area contributed by atoms with E-state index in [-0.39, 0.29) is 0 Å². The number of benzene rings is 1. The largest absolute Gasteiger partial charge is 0.313 e. The molecule has 1 aromatic rings. The van der Waals surface area contributed by atoms with E-state index in [2.05, 4.69) is 12.2 Å². The van der Waals surface area contributed by atoms with Gasteiger partial charge >= 0.3 is 0 Å². The number of hydrogen-bond acceptors (Lipinski definition) is 3. The highest BCUT2D eigenvalue weighted by atomic mass is 32.2. The Morgan fingerprint density at radius 1 is 1.14 bits per heavy atom. The molecule has 0 saturated carbocycles. The van der Waals surface area contributed by atoms with Crippen molar-refractivity contribution in [2.75, 3.05) is 19.6 Å². The third-order valence-corrected chi connectivity index (χ3v) is 5.19. The van der Waals surface area contributed by atoms with Gasteiger partial charge in [0.05, 0.1) is 4.90 Å². The normalized spacial score (nSPS) is 12.3. The fourth-order valence-electron chi connectivity index (χ4n) is 2.14. The van der Waals surface area contributed by atoms with Gasteiger partial charge in [0.2, 0.25) is 10.0 Å². The molecule has 0 unspecified atom stereocenters. The van der Waals surface area contributed by atoms with E-state index in [0.717, 1.165) is 25.1 Å². The van der Waals surface area contributed by atoms with Crippen LogP contribution in [0.3, 0.4) is 0 Å². The molecule has 4 nitrogen and oxygen atoms in total. The van der Waals surface area contributed by atoms with Gasteiger partial charge in [-0.3, -0.25) is 0 Å². The third-order valence-electron chi connectivity index (χ3n) is 3.24. The summed E-state index contributed by atoms with van der Waals surface area (Å²) in [5.41, 5.74) is 1.11. The van der Waals surface area contributed by atoms with Crippen molar-refractivity contribution < 1.29 is 8.42 Å². The van der Waals surface area contributed by atoms with Crippen LogP contribution in [-0.4, -0.2) is 32.4 Å². The first-order valence-corrected chi connectivity index (χ1v) is 9.15. The first-order chi connectivity index (χ1) is 9.91. The molecule has 120 valence electrons. The maximum absolute atomic E-state index is 12.6. The van der Waals surface area contributed by atoms with Crippen molar-refractivity contribution in [3.63, 3.8) is 0 Å². The van der Waals surface area contributed by atoms with E-state index in [9.17, 15) is 8.42 Å². The van der Waals surface area contributed by atoms with Crippen LogP contribution in [0.1, 0.15) is 39.7 Å². The van der Waals surface area contributed by atoms with Gasteiger partial charge in [0.15, 0.2) is 0 Å². The maximum atomic E-state index is 12.6. The van der Waals surface area contributed by atoms with Crippen LogP contribution in [0.15, 0.2) is 29.2 Å². The molecule has 21 heavy (non-hydrogen) atoms. The number of nitrogens with one attached hydrogen (secondary N) is 1. The lowest BCUT2D eigenvalue weighted by Gasteiger charge is -2.22. The lowest BCUT2D eigenvalue weighted by molar-refractivity contribution is 0.381. The molecule has 5 heteroatoms. The summed E-state index contributed by atoms with van der Waals surface area (Å²) in [6, 6.07) is 7.19. The Kier molecular flexibility index (Phi) is 7.35. The first-order valence-electron chi connectivity index (χ1n) is 7.71. The van der Waals surface area contributed by atoms with Crippen LogP contribution in [0, 0.1) is 5.92 Å². The number of hydrogen-bond donors (Lipinski definition) is 1. The molecule has 0 radical (unpaired) electrons. The third kappa shape index (κ3) is 5.41. The highest BCUT2D eigenvalue weighted by molar-refractivity contribution is 7.89. The first kappa shape index (κ1) is 18.1. The Morgan fingerprint density at radius 2 is 1.76 bits per heavy atom. The predicted octanol–water partition coefficient (Wildman–Crippen LogP) is 2.85. The minimum absolute atomic E-state index is 0.317. The fourth-order valence-corrected chi connectivity index (χ4v) is 3.75. The second-order valence-electron chi connectivity index (χ2n) is 5.67. The molecule has 0 atom stereocenters. The molecule has 0 aliphatic heterocycles. The van der Waals surface area contributed by atoms with Gasteiger partial charge in [-0.25, -0.2) is 8.42 Å². The van der Waals surface area contributed by atoms with Crippen molar-refractivity contribution in [2.45, 2.75) is 45.6 Å². The van der Waals surface area contributed by atoms with Crippen molar-refractivity contribution in [1.29, 1.82) is 0 Å². The summed E-state index contributed by atoms with van der Waals surface area (Å²) < 4.78 is 26.7. The van der Waals surface area contributed by atoms with Crippen molar-refractivity contribution in [3.05, 3.63) is 29.8 Å². The van der Waals surface area contributed by atoms with Gasteiger partial charge in [-0.2, -0.15) is 4.31 Å². The van der Waals surface area contributed by atoms with Crippen molar-refractivity contribution in [3.8, 4) is 0 Å². The van der Waals surface area contributed by atoms with E-state index >= 15 is 0 Å². The second kappa shape index (κ2) is 8.51. The monoisotopic (exact) mass is 312 g/mol. The minimum Gasteiger partial charge on any atom is -0.313 e. The Bertz CT molecular complexity index is 510. The summed E-state index contributed by atoms with van der Waals surface area (Å²) in [6.07, 6.45) is 1.09. The fraction of sp³-hybridized carbons (Fsp3) is 0.625. The zero-order valence-corrected chi connectivity index (χ0v) is 14.4. The highest BCUT2D eigenvalue weighted by Gasteiger charge is 2.23. The van der Waals surface area contributed by atoms with Gasteiger partial charge in [-0.05, 0) is 36.6 Å². The molecule has 1 rings (SSSR count). The molecule has 0 heterocycles. The molecule has 1 aromatic carbocycles. The number of rotatable bonds is 9. The van der Waals surface area contributed by atoms with Crippen LogP contribution in [0.5, 0.6) is 0 Å². The quantitative estimate of drug-likeness (QED) is 0.713. The standard InChI is InChI=1S/C16H28N2O2S/c1-5-11-17-12-15-7-9-16(10-8-15)21(19,20)18(6-2)13-14(3)4/h7-10,14,17H,5-6,11-13H2,1-4H3. The summed E-state index contributed by atoms with van der Waals surface area (Å²) in [5.74, 6) is 0.317. The van der Waals surface area contributed by atoms with E-state index in [0.29, 0.717) is 23.9 Å². The predicted molar refractivity (Wildman–Crippen MR) is 87.7 cm³/mol. The van der Waals surface area contributed by atoms with E-state index in [1.54, 1.807) is 16.4 Å². The Labute approximate surface area is 129 Å². The average Bonchev–Trinajstić information content (AvgIpc) is 2.45. The Balaban J connectivity index is 2.83. The van der Waals surface area contributed by atoms with E-state index in [4.69, 9.17) is 0 Å². The van der Waals surface area contributed by atoms with Crippen molar-refractivity contribution >= 4 is 10.0 Å². The zero-order valence-electron chi connectivity index (χ0n) is 13.6. The molecular weight excluding hydrogens is 284 g/mol. The molecule has 0 aliphatic carbocycles. The Morgan fingerprint density at radius 3 is 2.24 bits per heavy atom.